The highest BCUT2D eigenvalue weighted by Crippen LogP contribution is 2.39. The molecule has 6 aliphatic rings. The van der Waals surface area contributed by atoms with Crippen molar-refractivity contribution in [2.45, 2.75) is 165 Å². The molecule has 8 nitrogen and oxygen atoms in total. The molecule has 53 heavy (non-hydrogen) atoms. The van der Waals surface area contributed by atoms with Crippen molar-refractivity contribution in [1.82, 2.24) is 9.80 Å². The van der Waals surface area contributed by atoms with Gasteiger partial charge in [0.2, 0.25) is 0 Å². The lowest BCUT2D eigenvalue weighted by Gasteiger charge is -2.44. The van der Waals surface area contributed by atoms with Gasteiger partial charge in [-0.1, -0.05) is 101 Å². The summed E-state index contributed by atoms with van der Waals surface area (Å²) in [5, 5.41) is 0. The van der Waals surface area contributed by atoms with Gasteiger partial charge in [-0.3, -0.25) is 9.59 Å². The van der Waals surface area contributed by atoms with Crippen LogP contribution in [-0.4, -0.2) is 72.2 Å². The monoisotopic (exact) mass is 726 g/mol. The maximum Gasteiger partial charge on any atom is 0.254 e. The predicted molar refractivity (Wildman–Crippen MR) is 204 cm³/mol. The highest BCUT2D eigenvalue weighted by atomic mass is 16.7. The zero-order valence-corrected chi connectivity index (χ0v) is 31.9. The molecule has 4 saturated carbocycles. The number of hydrogen-bond acceptors (Lipinski definition) is 6. The molecule has 0 unspecified atom stereocenters. The first-order chi connectivity index (χ1) is 26.1. The number of rotatable bonds is 8. The molecule has 4 aliphatic carbocycles. The highest BCUT2D eigenvalue weighted by molar-refractivity contribution is 5.95. The maximum absolute atomic E-state index is 14.0. The first-order valence-electron chi connectivity index (χ1n) is 21.4. The van der Waals surface area contributed by atoms with Crippen LogP contribution < -0.4 is 0 Å². The summed E-state index contributed by atoms with van der Waals surface area (Å²) in [6.07, 6.45) is 23.0. The van der Waals surface area contributed by atoms with E-state index in [2.05, 4.69) is 9.80 Å². The summed E-state index contributed by atoms with van der Waals surface area (Å²) in [6, 6.07) is 17.3. The number of benzene rings is 2. The van der Waals surface area contributed by atoms with E-state index in [-0.39, 0.29) is 17.2 Å². The average Bonchev–Trinajstić information content (AvgIpc) is 3.23. The fourth-order valence-electron chi connectivity index (χ4n) is 10.3. The van der Waals surface area contributed by atoms with Gasteiger partial charge in [0.1, 0.15) is 0 Å². The number of nitrogens with zero attached hydrogens (tertiary/aromatic N) is 2. The van der Waals surface area contributed by atoms with E-state index in [0.717, 1.165) is 73.6 Å². The number of amides is 2. The molecule has 0 radical (unpaired) electrons. The minimum absolute atomic E-state index is 0.188. The lowest BCUT2D eigenvalue weighted by Crippen LogP contribution is -2.49. The van der Waals surface area contributed by atoms with Crippen molar-refractivity contribution in [3.63, 3.8) is 0 Å². The van der Waals surface area contributed by atoms with E-state index in [1.54, 1.807) is 0 Å². The standard InChI is InChI=1S/C45H62N2O6/c48-41(46(37-13-5-1-6-14-37)38-15-7-2-8-16-38)33-21-25-35(26-22-33)43-50-29-45(30-51-43)31-52-44(53-32-45)36-27-23-34(24-28-36)42(49)47(39-17-9-3-10-18-39)40-19-11-4-12-20-40/h21-28,37-40,43-44H,1-20,29-32H2. The van der Waals surface area contributed by atoms with Crippen LogP contribution in [0.1, 0.15) is 173 Å². The van der Waals surface area contributed by atoms with Crippen molar-refractivity contribution >= 4 is 11.8 Å². The van der Waals surface area contributed by atoms with Crippen LogP contribution in [0.5, 0.6) is 0 Å². The van der Waals surface area contributed by atoms with E-state index in [0.29, 0.717) is 50.6 Å². The molecule has 6 fully saturated rings. The zero-order valence-electron chi connectivity index (χ0n) is 31.9. The Morgan fingerprint density at radius 1 is 0.415 bits per heavy atom. The summed E-state index contributed by atoms with van der Waals surface area (Å²) < 4.78 is 25.1. The van der Waals surface area contributed by atoms with Gasteiger partial charge < -0.3 is 28.7 Å². The van der Waals surface area contributed by atoms with Gasteiger partial charge in [0.25, 0.3) is 11.8 Å². The van der Waals surface area contributed by atoms with E-state index < -0.39 is 12.6 Å². The lowest BCUT2D eigenvalue weighted by atomic mass is 9.88. The van der Waals surface area contributed by atoms with Crippen LogP contribution in [0.3, 0.4) is 0 Å². The van der Waals surface area contributed by atoms with Gasteiger partial charge in [0, 0.05) is 46.4 Å². The van der Waals surface area contributed by atoms with Gasteiger partial charge in [-0.15, -0.1) is 0 Å². The average molecular weight is 727 g/mol. The smallest absolute Gasteiger partial charge is 0.254 e. The van der Waals surface area contributed by atoms with Crippen molar-refractivity contribution in [3.05, 3.63) is 70.8 Å². The molecule has 0 N–H and O–H groups in total. The molecule has 0 aromatic heterocycles. The Labute approximate surface area is 317 Å². The highest BCUT2D eigenvalue weighted by Gasteiger charge is 2.43. The van der Waals surface area contributed by atoms with Crippen LogP contribution in [0.15, 0.2) is 48.5 Å². The second kappa shape index (κ2) is 17.3. The molecule has 8 heteroatoms. The van der Waals surface area contributed by atoms with Crippen LogP contribution in [0.4, 0.5) is 0 Å². The Bertz CT molecular complexity index is 1320. The summed E-state index contributed by atoms with van der Waals surface area (Å²) >= 11 is 0. The largest absolute Gasteiger partial charge is 0.348 e. The van der Waals surface area contributed by atoms with Gasteiger partial charge in [-0.25, -0.2) is 0 Å². The third-order valence-corrected chi connectivity index (χ3v) is 13.4. The van der Waals surface area contributed by atoms with E-state index >= 15 is 0 Å². The summed E-state index contributed by atoms with van der Waals surface area (Å²) in [5.74, 6) is 0.376. The van der Waals surface area contributed by atoms with E-state index in [9.17, 15) is 9.59 Å². The van der Waals surface area contributed by atoms with Crippen LogP contribution in [0, 0.1) is 5.41 Å². The normalized spacial score (nSPS) is 28.5. The first-order valence-corrected chi connectivity index (χ1v) is 21.4. The molecule has 0 atom stereocenters. The van der Waals surface area contributed by atoms with E-state index in [4.69, 9.17) is 18.9 Å². The summed E-state index contributed by atoms with van der Waals surface area (Å²) in [6.45, 7) is 1.86. The summed E-state index contributed by atoms with van der Waals surface area (Å²) in [5.41, 5.74) is 3.00. The van der Waals surface area contributed by atoms with Crippen molar-refractivity contribution < 1.29 is 28.5 Å². The molecular weight excluding hydrogens is 665 g/mol. The molecule has 1 spiro atoms. The SMILES string of the molecule is O=C(c1ccc(C2OCC3(CO2)COC(c2ccc(C(=O)N(C4CCCCC4)C4CCCCC4)cc2)OC3)cc1)N(C1CCCCC1)C1CCCCC1. The quantitative estimate of drug-likeness (QED) is 0.270. The second-order valence-electron chi connectivity index (χ2n) is 17.2. The topological polar surface area (TPSA) is 77.5 Å². The predicted octanol–water partition coefficient (Wildman–Crippen LogP) is 9.68. The number of carbonyl (C=O) groups excluding carboxylic acids is 2. The third kappa shape index (κ3) is 8.56. The fraction of sp³-hybridized carbons (Fsp3) is 0.689. The number of hydrogen-bond donors (Lipinski definition) is 0. The molecule has 2 aromatic rings. The van der Waals surface area contributed by atoms with Gasteiger partial charge in [-0.05, 0) is 75.6 Å². The van der Waals surface area contributed by atoms with Gasteiger partial charge in [-0.2, -0.15) is 0 Å². The Balaban J connectivity index is 0.843. The number of ether oxygens (including phenoxy) is 4. The zero-order chi connectivity index (χ0) is 36.0. The van der Waals surface area contributed by atoms with Crippen molar-refractivity contribution in [2.24, 2.45) is 5.41 Å². The Kier molecular flexibility index (Phi) is 12.2. The minimum atomic E-state index is -0.484. The summed E-state index contributed by atoms with van der Waals surface area (Å²) in [4.78, 5) is 32.5. The Hall–Kier alpha value is -2.78. The molecular formula is C45H62N2O6. The molecule has 0 bridgehead atoms. The van der Waals surface area contributed by atoms with Crippen LogP contribution in [0.2, 0.25) is 0 Å². The van der Waals surface area contributed by atoms with Gasteiger partial charge in [0.05, 0.1) is 31.8 Å². The summed E-state index contributed by atoms with van der Waals surface area (Å²) in [7, 11) is 0. The molecule has 2 saturated heterocycles. The molecule has 2 aliphatic heterocycles. The van der Waals surface area contributed by atoms with Crippen molar-refractivity contribution in [2.75, 3.05) is 26.4 Å². The van der Waals surface area contributed by atoms with Crippen molar-refractivity contribution in [1.29, 1.82) is 0 Å². The third-order valence-electron chi connectivity index (χ3n) is 13.4. The first kappa shape index (κ1) is 37.2. The number of carbonyl (C=O) groups is 2. The van der Waals surface area contributed by atoms with E-state index in [1.807, 2.05) is 48.5 Å². The molecule has 2 aromatic carbocycles. The lowest BCUT2D eigenvalue weighted by molar-refractivity contribution is -0.307. The van der Waals surface area contributed by atoms with Gasteiger partial charge >= 0.3 is 0 Å². The Morgan fingerprint density at radius 3 is 0.943 bits per heavy atom. The fourth-order valence-corrected chi connectivity index (χ4v) is 10.3. The minimum Gasteiger partial charge on any atom is -0.348 e. The molecule has 8 rings (SSSR count). The van der Waals surface area contributed by atoms with E-state index in [1.165, 1.54) is 77.0 Å². The molecule has 2 amide bonds. The van der Waals surface area contributed by atoms with Crippen LogP contribution >= 0.6 is 0 Å². The van der Waals surface area contributed by atoms with Crippen molar-refractivity contribution in [3.8, 4) is 0 Å². The van der Waals surface area contributed by atoms with Crippen LogP contribution in [0.25, 0.3) is 0 Å². The van der Waals surface area contributed by atoms with Gasteiger partial charge in [0.15, 0.2) is 12.6 Å². The Morgan fingerprint density at radius 2 is 0.679 bits per heavy atom. The molecule has 288 valence electrons. The second-order valence-corrected chi connectivity index (χ2v) is 17.2. The van der Waals surface area contributed by atoms with Crippen LogP contribution in [-0.2, 0) is 18.9 Å². The maximum atomic E-state index is 14.0. The molecule has 2 heterocycles.